The monoisotopic (exact) mass is 455 g/mol. The van der Waals surface area contributed by atoms with Crippen LogP contribution in [-0.2, 0) is 19.9 Å². The second kappa shape index (κ2) is 8.27. The van der Waals surface area contributed by atoms with E-state index in [9.17, 15) is 27.6 Å². The molecule has 3 atom stereocenters. The minimum Gasteiger partial charge on any atom is -0.406 e. The molecule has 0 bridgehead atoms. The Kier molecular flexibility index (Phi) is 5.78. The van der Waals surface area contributed by atoms with Gasteiger partial charge < -0.3 is 19.7 Å². The topological polar surface area (TPSA) is 88.2 Å². The summed E-state index contributed by atoms with van der Waals surface area (Å²) in [6.45, 7) is 1.86. The number of alkyl halides is 3. The highest BCUT2D eigenvalue weighted by atomic mass is 19.4. The smallest absolute Gasteiger partial charge is 0.406 e. The lowest BCUT2D eigenvalue weighted by Crippen LogP contribution is -2.57. The number of urea groups is 1. The molecule has 1 aromatic rings. The molecule has 2 aliphatic heterocycles. The lowest BCUT2D eigenvalue weighted by molar-refractivity contribution is -0.274. The van der Waals surface area contributed by atoms with Gasteiger partial charge in [-0.3, -0.25) is 14.5 Å². The van der Waals surface area contributed by atoms with E-state index in [2.05, 4.69) is 10.1 Å². The molecule has 4 rings (SSSR count). The van der Waals surface area contributed by atoms with Gasteiger partial charge in [0.05, 0.1) is 18.8 Å². The predicted molar refractivity (Wildman–Crippen MR) is 104 cm³/mol. The van der Waals surface area contributed by atoms with E-state index < -0.39 is 36.1 Å². The quantitative estimate of drug-likeness (QED) is 0.705. The lowest BCUT2D eigenvalue weighted by Gasteiger charge is -2.44. The number of carbonyl (C=O) groups excluding carboxylic acids is 3. The zero-order valence-corrected chi connectivity index (χ0v) is 17.5. The number of ether oxygens (including phenoxy) is 2. The summed E-state index contributed by atoms with van der Waals surface area (Å²) < 4.78 is 46.7. The Morgan fingerprint density at radius 2 is 1.91 bits per heavy atom. The number of nitrogens with one attached hydrogen (secondary N) is 1. The molecule has 1 aliphatic carbocycles. The number of benzene rings is 1. The van der Waals surface area contributed by atoms with E-state index >= 15 is 0 Å². The van der Waals surface area contributed by atoms with E-state index in [1.54, 1.807) is 4.90 Å². The molecule has 3 aliphatic rings. The summed E-state index contributed by atoms with van der Waals surface area (Å²) in [5.74, 6) is -1.41. The first-order valence-corrected chi connectivity index (χ1v) is 10.5. The first-order valence-electron chi connectivity index (χ1n) is 10.5. The number of rotatable bonds is 4. The summed E-state index contributed by atoms with van der Waals surface area (Å²) in [6, 6.07) is 3.91. The Labute approximate surface area is 182 Å². The molecule has 1 N–H and O–H groups in total. The van der Waals surface area contributed by atoms with Gasteiger partial charge in [0.15, 0.2) is 0 Å². The number of halogens is 3. The number of morpholine rings is 1. The standard InChI is InChI=1S/C21H24F3N3O5/c1-20(13-6-8-14(9-7-13)32-21(22,23)24)18(29)27(19(30)25-20)12-17(28)26-10-11-31-16-5-3-2-4-15(16)26/h6-9,15-16H,2-5,10-12H2,1H3,(H,25,30). The number of fused-ring (bicyclic) bond motifs is 1. The SMILES string of the molecule is CC1(c2ccc(OC(F)(F)F)cc2)NC(=O)N(CC(=O)N2CCOC3CCCCC32)C1=O. The van der Waals surface area contributed by atoms with E-state index in [1.165, 1.54) is 19.1 Å². The number of imide groups is 1. The van der Waals surface area contributed by atoms with Gasteiger partial charge in [0.1, 0.15) is 17.8 Å². The first kappa shape index (κ1) is 22.4. The van der Waals surface area contributed by atoms with E-state index in [1.807, 2.05) is 0 Å². The molecular formula is C21H24F3N3O5. The third-order valence-electron chi connectivity index (χ3n) is 6.29. The average molecular weight is 455 g/mol. The predicted octanol–water partition coefficient (Wildman–Crippen LogP) is 2.52. The van der Waals surface area contributed by atoms with Crippen molar-refractivity contribution in [2.24, 2.45) is 0 Å². The molecule has 4 amide bonds. The van der Waals surface area contributed by atoms with Crippen LogP contribution in [0.4, 0.5) is 18.0 Å². The van der Waals surface area contributed by atoms with E-state index in [4.69, 9.17) is 4.74 Å². The lowest BCUT2D eigenvalue weighted by atomic mass is 9.90. The molecule has 2 heterocycles. The van der Waals surface area contributed by atoms with Crippen LogP contribution in [0, 0.1) is 0 Å². The van der Waals surface area contributed by atoms with Crippen molar-refractivity contribution in [3.8, 4) is 5.75 Å². The van der Waals surface area contributed by atoms with Crippen LogP contribution in [0.3, 0.4) is 0 Å². The fourth-order valence-corrected chi connectivity index (χ4v) is 4.66. The molecule has 174 valence electrons. The number of amides is 4. The van der Waals surface area contributed by atoms with Gasteiger partial charge in [-0.05, 0) is 37.5 Å². The minimum atomic E-state index is -4.84. The van der Waals surface area contributed by atoms with Crippen LogP contribution in [0.15, 0.2) is 24.3 Å². The number of hydrogen-bond acceptors (Lipinski definition) is 5. The molecular weight excluding hydrogens is 431 g/mol. The Hall–Kier alpha value is -2.82. The minimum absolute atomic E-state index is 0.0211. The van der Waals surface area contributed by atoms with Crippen molar-refractivity contribution in [1.82, 2.24) is 15.1 Å². The third-order valence-corrected chi connectivity index (χ3v) is 6.29. The van der Waals surface area contributed by atoms with Gasteiger partial charge in [0.2, 0.25) is 5.91 Å². The average Bonchev–Trinajstić information content (AvgIpc) is 2.96. The number of nitrogens with zero attached hydrogens (tertiary/aromatic N) is 2. The van der Waals surface area contributed by atoms with E-state index in [0.717, 1.165) is 42.7 Å². The van der Waals surface area contributed by atoms with Gasteiger partial charge in [0, 0.05) is 6.54 Å². The molecule has 1 saturated carbocycles. The summed E-state index contributed by atoms with van der Waals surface area (Å²) in [7, 11) is 0. The fourth-order valence-electron chi connectivity index (χ4n) is 4.66. The summed E-state index contributed by atoms with van der Waals surface area (Å²) in [5.41, 5.74) is -1.23. The van der Waals surface area contributed by atoms with Gasteiger partial charge in [-0.15, -0.1) is 13.2 Å². The molecule has 32 heavy (non-hydrogen) atoms. The Bertz CT molecular complexity index is 905. The Morgan fingerprint density at radius 3 is 2.59 bits per heavy atom. The van der Waals surface area contributed by atoms with Crippen LogP contribution in [-0.4, -0.2) is 65.8 Å². The van der Waals surface area contributed by atoms with Crippen molar-refractivity contribution in [3.63, 3.8) is 0 Å². The Morgan fingerprint density at radius 1 is 1.22 bits per heavy atom. The molecule has 11 heteroatoms. The van der Waals surface area contributed by atoms with Crippen LogP contribution >= 0.6 is 0 Å². The van der Waals surface area contributed by atoms with Gasteiger partial charge in [-0.1, -0.05) is 25.0 Å². The summed E-state index contributed by atoms with van der Waals surface area (Å²) >= 11 is 0. The fraction of sp³-hybridized carbons (Fsp3) is 0.571. The van der Waals surface area contributed by atoms with Crippen molar-refractivity contribution in [3.05, 3.63) is 29.8 Å². The van der Waals surface area contributed by atoms with Gasteiger partial charge >= 0.3 is 12.4 Å². The van der Waals surface area contributed by atoms with Gasteiger partial charge in [-0.25, -0.2) is 4.79 Å². The van der Waals surface area contributed by atoms with Crippen LogP contribution < -0.4 is 10.1 Å². The Balaban J connectivity index is 1.47. The van der Waals surface area contributed by atoms with Crippen molar-refractivity contribution < 1.29 is 37.0 Å². The summed E-state index contributed by atoms with van der Waals surface area (Å²) in [5, 5.41) is 2.56. The molecule has 1 aromatic carbocycles. The normalized spacial score (nSPS) is 28.4. The maximum Gasteiger partial charge on any atom is 0.573 e. The summed E-state index contributed by atoms with van der Waals surface area (Å²) in [4.78, 5) is 41.2. The van der Waals surface area contributed by atoms with Crippen molar-refractivity contribution in [2.45, 2.75) is 56.7 Å². The van der Waals surface area contributed by atoms with Crippen LogP contribution in [0.25, 0.3) is 0 Å². The van der Waals surface area contributed by atoms with Crippen molar-refractivity contribution in [1.29, 1.82) is 0 Å². The number of hydrogen-bond donors (Lipinski definition) is 1. The maximum absolute atomic E-state index is 13.1. The molecule has 0 spiro atoms. The second-order valence-electron chi connectivity index (χ2n) is 8.37. The van der Waals surface area contributed by atoms with Crippen molar-refractivity contribution in [2.75, 3.05) is 19.7 Å². The zero-order chi connectivity index (χ0) is 23.1. The molecule has 8 nitrogen and oxygen atoms in total. The van der Waals surface area contributed by atoms with Crippen molar-refractivity contribution >= 4 is 17.8 Å². The second-order valence-corrected chi connectivity index (χ2v) is 8.37. The van der Waals surface area contributed by atoms with E-state index in [-0.39, 0.29) is 23.6 Å². The maximum atomic E-state index is 13.1. The van der Waals surface area contributed by atoms with E-state index in [0.29, 0.717) is 13.2 Å². The van der Waals surface area contributed by atoms with Gasteiger partial charge in [0.25, 0.3) is 5.91 Å². The largest absolute Gasteiger partial charge is 0.573 e. The first-order chi connectivity index (χ1) is 15.1. The number of carbonyl (C=O) groups is 3. The molecule has 3 fully saturated rings. The summed E-state index contributed by atoms with van der Waals surface area (Å²) in [6.07, 6.45) is -1.13. The van der Waals surface area contributed by atoms with Gasteiger partial charge in [-0.2, -0.15) is 0 Å². The van der Waals surface area contributed by atoms with Crippen LogP contribution in [0.5, 0.6) is 5.75 Å². The molecule has 2 saturated heterocycles. The highest BCUT2D eigenvalue weighted by molar-refractivity contribution is 6.09. The highest BCUT2D eigenvalue weighted by Crippen LogP contribution is 2.32. The molecule has 0 aromatic heterocycles. The zero-order valence-electron chi connectivity index (χ0n) is 17.5. The molecule has 3 unspecified atom stereocenters. The molecule has 0 radical (unpaired) electrons. The highest BCUT2D eigenvalue weighted by Gasteiger charge is 2.50. The van der Waals surface area contributed by atoms with Crippen LogP contribution in [0.2, 0.25) is 0 Å². The van der Waals surface area contributed by atoms with Crippen LogP contribution in [0.1, 0.15) is 38.2 Å². The third kappa shape index (κ3) is 4.25.